The molecule has 1 amide bonds. The molecule has 0 unspecified atom stereocenters. The minimum Gasteiger partial charge on any atom is -0.496 e. The second-order valence-corrected chi connectivity index (χ2v) is 6.87. The zero-order valence-corrected chi connectivity index (χ0v) is 16.0. The van der Waals surface area contributed by atoms with Crippen LogP contribution in [0.3, 0.4) is 0 Å². The van der Waals surface area contributed by atoms with Gasteiger partial charge in [0.05, 0.1) is 18.4 Å². The van der Waals surface area contributed by atoms with Crippen molar-refractivity contribution < 1.29 is 9.53 Å². The van der Waals surface area contributed by atoms with Crippen LogP contribution in [0.5, 0.6) is 5.75 Å². The zero-order valence-electron chi connectivity index (χ0n) is 15.2. The fraction of sp³-hybridized carbons (Fsp3) is 0.238. The van der Waals surface area contributed by atoms with Gasteiger partial charge in [0, 0.05) is 17.5 Å². The van der Waals surface area contributed by atoms with E-state index in [1.807, 2.05) is 17.5 Å². The molecule has 1 aromatic heterocycles. The fourth-order valence-corrected chi connectivity index (χ4v) is 3.58. The average molecular weight is 366 g/mol. The summed E-state index contributed by atoms with van der Waals surface area (Å²) in [6, 6.07) is 15.5. The predicted octanol–water partition coefficient (Wildman–Crippen LogP) is 5.18. The summed E-state index contributed by atoms with van der Waals surface area (Å²) in [6.45, 7) is 4.72. The van der Waals surface area contributed by atoms with E-state index in [-0.39, 0.29) is 5.91 Å². The van der Waals surface area contributed by atoms with Gasteiger partial charge in [-0.15, -0.1) is 11.3 Å². The van der Waals surface area contributed by atoms with Crippen LogP contribution in [0, 0.1) is 6.92 Å². The van der Waals surface area contributed by atoms with Gasteiger partial charge in [-0.1, -0.05) is 48.9 Å². The van der Waals surface area contributed by atoms with E-state index in [0.29, 0.717) is 23.0 Å². The number of aryl methyl sites for hydroxylation is 1. The molecule has 134 valence electrons. The Morgan fingerprint density at radius 3 is 2.58 bits per heavy atom. The van der Waals surface area contributed by atoms with Crippen molar-refractivity contribution in [2.45, 2.75) is 20.3 Å². The Hall–Kier alpha value is -2.66. The van der Waals surface area contributed by atoms with Crippen LogP contribution in [0.1, 0.15) is 29.3 Å². The Bertz CT molecular complexity index is 887. The number of carbonyl (C=O) groups excluding carboxylic acids is 1. The molecule has 0 saturated carbocycles. The second kappa shape index (κ2) is 8.15. The molecule has 1 heterocycles. The van der Waals surface area contributed by atoms with Crippen LogP contribution in [0.15, 0.2) is 53.9 Å². The van der Waals surface area contributed by atoms with Crippen molar-refractivity contribution in [1.82, 2.24) is 4.98 Å². The van der Waals surface area contributed by atoms with E-state index >= 15 is 0 Å². The van der Waals surface area contributed by atoms with Crippen molar-refractivity contribution in [2.75, 3.05) is 18.6 Å². The number of nitrogens with zero attached hydrogens (tertiary/aromatic N) is 2. The quantitative estimate of drug-likeness (QED) is 0.603. The first-order valence-electron chi connectivity index (χ1n) is 8.61. The number of rotatable bonds is 6. The van der Waals surface area contributed by atoms with Crippen molar-refractivity contribution in [3.8, 4) is 17.0 Å². The van der Waals surface area contributed by atoms with Crippen LogP contribution in [0.25, 0.3) is 11.3 Å². The van der Waals surface area contributed by atoms with E-state index in [9.17, 15) is 4.79 Å². The molecule has 0 fully saturated rings. The largest absolute Gasteiger partial charge is 0.496 e. The summed E-state index contributed by atoms with van der Waals surface area (Å²) in [4.78, 5) is 19.6. The topological polar surface area (TPSA) is 42.4 Å². The smallest absolute Gasteiger partial charge is 0.263 e. The van der Waals surface area contributed by atoms with Crippen LogP contribution in [-0.4, -0.2) is 24.5 Å². The summed E-state index contributed by atoms with van der Waals surface area (Å²) in [6.07, 6.45) is 0.848. The molecule has 4 nitrogen and oxygen atoms in total. The van der Waals surface area contributed by atoms with E-state index < -0.39 is 0 Å². The summed E-state index contributed by atoms with van der Waals surface area (Å²) in [5, 5.41) is 2.70. The number of para-hydroxylation sites is 1. The lowest BCUT2D eigenvalue weighted by molar-refractivity contribution is 0.0984. The molecule has 0 spiro atoms. The summed E-state index contributed by atoms with van der Waals surface area (Å²) in [7, 11) is 1.58. The van der Waals surface area contributed by atoms with Gasteiger partial charge in [0.25, 0.3) is 5.91 Å². The molecule has 0 atom stereocenters. The molecule has 0 bridgehead atoms. The third-order valence-corrected chi connectivity index (χ3v) is 4.96. The number of methoxy groups -OCH3 is 1. The molecule has 3 rings (SSSR count). The van der Waals surface area contributed by atoms with Crippen LogP contribution in [0.2, 0.25) is 0 Å². The van der Waals surface area contributed by atoms with Gasteiger partial charge in [-0.25, -0.2) is 4.98 Å². The normalized spacial score (nSPS) is 10.6. The zero-order chi connectivity index (χ0) is 18.5. The second-order valence-electron chi connectivity index (χ2n) is 6.04. The van der Waals surface area contributed by atoms with Crippen molar-refractivity contribution in [2.24, 2.45) is 0 Å². The molecule has 5 heteroatoms. The van der Waals surface area contributed by atoms with Gasteiger partial charge in [-0.2, -0.15) is 0 Å². The molecular weight excluding hydrogens is 344 g/mol. The Labute approximate surface area is 158 Å². The number of hydrogen-bond donors (Lipinski definition) is 0. The maximum absolute atomic E-state index is 13.1. The molecular formula is C21H22N2O2S. The lowest BCUT2D eigenvalue weighted by atomic mass is 10.1. The highest BCUT2D eigenvalue weighted by atomic mass is 32.1. The van der Waals surface area contributed by atoms with Gasteiger partial charge in [0.2, 0.25) is 0 Å². The SMILES string of the molecule is CCCN(C(=O)c1ccccc1OC)c1nc(-c2ccc(C)cc2)cs1. The Balaban J connectivity index is 1.93. The minimum atomic E-state index is -0.0888. The third kappa shape index (κ3) is 3.78. The maximum Gasteiger partial charge on any atom is 0.263 e. The third-order valence-electron chi connectivity index (χ3n) is 4.10. The van der Waals surface area contributed by atoms with Crippen molar-refractivity contribution >= 4 is 22.4 Å². The molecule has 0 aliphatic rings. The lowest BCUT2D eigenvalue weighted by Crippen LogP contribution is -2.31. The van der Waals surface area contributed by atoms with E-state index in [1.54, 1.807) is 24.1 Å². The van der Waals surface area contributed by atoms with Crippen molar-refractivity contribution in [3.63, 3.8) is 0 Å². The number of aromatic nitrogens is 1. The first kappa shape index (κ1) is 18.1. The van der Waals surface area contributed by atoms with E-state index in [2.05, 4.69) is 38.1 Å². The lowest BCUT2D eigenvalue weighted by Gasteiger charge is -2.20. The van der Waals surface area contributed by atoms with Gasteiger partial charge in [-0.3, -0.25) is 9.69 Å². The van der Waals surface area contributed by atoms with Gasteiger partial charge in [0.15, 0.2) is 5.13 Å². The predicted molar refractivity (Wildman–Crippen MR) is 107 cm³/mol. The first-order valence-corrected chi connectivity index (χ1v) is 9.49. The van der Waals surface area contributed by atoms with Crippen LogP contribution < -0.4 is 9.64 Å². The average Bonchev–Trinajstić information content (AvgIpc) is 3.16. The van der Waals surface area contributed by atoms with Crippen molar-refractivity contribution in [1.29, 1.82) is 0 Å². The van der Waals surface area contributed by atoms with Crippen LogP contribution in [-0.2, 0) is 0 Å². The standard InChI is InChI=1S/C21H22N2O2S/c1-4-13-23(20(24)17-7-5-6-8-19(17)25-3)21-22-18(14-26-21)16-11-9-15(2)10-12-16/h5-12,14H,4,13H2,1-3H3. The van der Waals surface area contributed by atoms with Gasteiger partial charge in [0.1, 0.15) is 5.75 Å². The van der Waals surface area contributed by atoms with E-state index in [0.717, 1.165) is 17.7 Å². The highest BCUT2D eigenvalue weighted by Gasteiger charge is 2.23. The maximum atomic E-state index is 13.1. The monoisotopic (exact) mass is 366 g/mol. The number of hydrogen-bond acceptors (Lipinski definition) is 4. The van der Waals surface area contributed by atoms with Crippen LogP contribution in [0.4, 0.5) is 5.13 Å². The fourth-order valence-electron chi connectivity index (χ4n) is 2.72. The molecule has 0 aliphatic heterocycles. The molecule has 0 N–H and O–H groups in total. The molecule has 2 aromatic carbocycles. The Morgan fingerprint density at radius 1 is 1.15 bits per heavy atom. The Morgan fingerprint density at radius 2 is 1.88 bits per heavy atom. The highest BCUT2D eigenvalue weighted by molar-refractivity contribution is 7.14. The van der Waals surface area contributed by atoms with Crippen molar-refractivity contribution in [3.05, 3.63) is 65.0 Å². The number of amides is 1. The number of carbonyl (C=O) groups is 1. The summed E-state index contributed by atoms with van der Waals surface area (Å²) >= 11 is 1.49. The number of anilines is 1. The Kier molecular flexibility index (Phi) is 5.68. The van der Waals surface area contributed by atoms with Gasteiger partial charge >= 0.3 is 0 Å². The summed E-state index contributed by atoms with van der Waals surface area (Å²) in [5.41, 5.74) is 3.71. The summed E-state index contributed by atoms with van der Waals surface area (Å²) in [5.74, 6) is 0.489. The van der Waals surface area contributed by atoms with Gasteiger partial charge < -0.3 is 4.74 Å². The van der Waals surface area contributed by atoms with Gasteiger partial charge in [-0.05, 0) is 25.5 Å². The number of ether oxygens (including phenoxy) is 1. The molecule has 0 saturated heterocycles. The first-order chi connectivity index (χ1) is 12.6. The molecule has 0 radical (unpaired) electrons. The highest BCUT2D eigenvalue weighted by Crippen LogP contribution is 2.30. The molecule has 3 aromatic rings. The van der Waals surface area contributed by atoms with E-state index in [4.69, 9.17) is 9.72 Å². The van der Waals surface area contributed by atoms with Crippen LogP contribution >= 0.6 is 11.3 Å². The minimum absolute atomic E-state index is 0.0888. The summed E-state index contributed by atoms with van der Waals surface area (Å²) < 4.78 is 5.35. The molecule has 0 aliphatic carbocycles. The number of thiazole rings is 1. The molecule has 26 heavy (non-hydrogen) atoms. The number of benzene rings is 2. The van der Waals surface area contributed by atoms with E-state index in [1.165, 1.54) is 16.9 Å².